The van der Waals surface area contributed by atoms with Gasteiger partial charge in [0.15, 0.2) is 0 Å². The quantitative estimate of drug-likeness (QED) is 0.831. The molecule has 0 aromatic heterocycles. The van der Waals surface area contributed by atoms with E-state index in [0.717, 1.165) is 24.5 Å². The summed E-state index contributed by atoms with van der Waals surface area (Å²) in [5.41, 5.74) is 1.65. The van der Waals surface area contributed by atoms with Gasteiger partial charge in [0.2, 0.25) is 5.91 Å². The molecule has 1 N–H and O–H groups in total. The van der Waals surface area contributed by atoms with E-state index in [1.165, 1.54) is 12.1 Å². The van der Waals surface area contributed by atoms with Gasteiger partial charge in [-0.2, -0.15) is 0 Å². The maximum absolute atomic E-state index is 13.5. The lowest BCUT2D eigenvalue weighted by atomic mass is 10.0. The van der Waals surface area contributed by atoms with Gasteiger partial charge < -0.3 is 15.1 Å². The topological polar surface area (TPSA) is 35.6 Å². The predicted molar refractivity (Wildman–Crippen MR) is 73.0 cm³/mol. The summed E-state index contributed by atoms with van der Waals surface area (Å²) in [7, 11) is 0. The number of piperazine rings is 1. The van der Waals surface area contributed by atoms with Crippen molar-refractivity contribution in [2.24, 2.45) is 0 Å². The van der Waals surface area contributed by atoms with Crippen LogP contribution in [0.4, 0.5) is 15.8 Å². The molecule has 1 fully saturated rings. The minimum absolute atomic E-state index is 0.0625. The third kappa shape index (κ3) is 1.98. The van der Waals surface area contributed by atoms with E-state index in [1.807, 2.05) is 4.90 Å². The van der Waals surface area contributed by atoms with Gasteiger partial charge in [0.05, 0.1) is 24.0 Å². The molecule has 2 aliphatic heterocycles. The van der Waals surface area contributed by atoms with Gasteiger partial charge in [-0.05, 0) is 32.0 Å². The summed E-state index contributed by atoms with van der Waals surface area (Å²) in [6.07, 6.45) is 0. The lowest BCUT2D eigenvalue weighted by Crippen LogP contribution is -2.62. The number of carbonyl (C=O) groups excluding carboxylic acids is 1. The predicted octanol–water partition coefficient (Wildman–Crippen LogP) is 1.36. The molecule has 0 saturated carbocycles. The molecule has 1 atom stereocenters. The molecular weight excluding hydrogens is 245 g/mol. The van der Waals surface area contributed by atoms with E-state index in [1.54, 1.807) is 6.07 Å². The molecule has 102 valence electrons. The van der Waals surface area contributed by atoms with E-state index >= 15 is 0 Å². The molecule has 19 heavy (non-hydrogen) atoms. The zero-order valence-corrected chi connectivity index (χ0v) is 11.2. The van der Waals surface area contributed by atoms with Crippen LogP contribution in [0.15, 0.2) is 18.2 Å². The highest BCUT2D eigenvalue weighted by Crippen LogP contribution is 2.37. The summed E-state index contributed by atoms with van der Waals surface area (Å²) in [5, 5.41) is 3.14. The molecule has 2 heterocycles. The zero-order chi connectivity index (χ0) is 13.6. The van der Waals surface area contributed by atoms with Crippen LogP contribution in [-0.4, -0.2) is 37.6 Å². The van der Waals surface area contributed by atoms with E-state index in [0.29, 0.717) is 6.54 Å². The van der Waals surface area contributed by atoms with Gasteiger partial charge in [-0.1, -0.05) is 0 Å². The van der Waals surface area contributed by atoms with Crippen LogP contribution in [0.2, 0.25) is 0 Å². The summed E-state index contributed by atoms with van der Waals surface area (Å²) >= 11 is 0. The first-order valence-corrected chi connectivity index (χ1v) is 6.67. The number of benzene rings is 1. The Morgan fingerprint density at radius 3 is 2.89 bits per heavy atom. The van der Waals surface area contributed by atoms with Crippen LogP contribution in [0, 0.1) is 5.82 Å². The number of hydrogen-bond acceptors (Lipinski definition) is 3. The Morgan fingerprint density at radius 1 is 1.37 bits per heavy atom. The lowest BCUT2D eigenvalue weighted by Gasteiger charge is -2.47. The summed E-state index contributed by atoms with van der Waals surface area (Å²) < 4.78 is 13.5. The smallest absolute Gasteiger partial charge is 0.241 e. The van der Waals surface area contributed by atoms with Gasteiger partial charge in [-0.15, -0.1) is 0 Å². The molecule has 0 aliphatic carbocycles. The van der Waals surface area contributed by atoms with Crippen LogP contribution < -0.4 is 15.1 Å². The Morgan fingerprint density at radius 2 is 2.16 bits per heavy atom. The molecule has 4 nitrogen and oxygen atoms in total. The van der Waals surface area contributed by atoms with Gasteiger partial charge >= 0.3 is 0 Å². The molecule has 2 aliphatic rings. The average Bonchev–Trinajstić information content (AvgIpc) is 2.37. The summed E-state index contributed by atoms with van der Waals surface area (Å²) in [5.74, 6) is -0.196. The number of rotatable bonds is 1. The fourth-order valence-corrected chi connectivity index (χ4v) is 2.95. The Kier molecular flexibility index (Phi) is 2.93. The molecule has 3 rings (SSSR count). The van der Waals surface area contributed by atoms with E-state index in [9.17, 15) is 9.18 Å². The number of halogens is 1. The largest absolute Gasteiger partial charge is 0.365 e. The minimum Gasteiger partial charge on any atom is -0.365 e. The third-order valence-electron chi connectivity index (χ3n) is 3.83. The maximum atomic E-state index is 13.5. The molecule has 1 unspecified atom stereocenters. The van der Waals surface area contributed by atoms with Crippen LogP contribution in [-0.2, 0) is 4.79 Å². The van der Waals surface area contributed by atoms with Gasteiger partial charge in [0, 0.05) is 19.1 Å². The first-order chi connectivity index (χ1) is 9.08. The van der Waals surface area contributed by atoms with E-state index < -0.39 is 0 Å². The van der Waals surface area contributed by atoms with Crippen molar-refractivity contribution >= 4 is 17.3 Å². The lowest BCUT2D eigenvalue weighted by molar-refractivity contribution is -0.119. The van der Waals surface area contributed by atoms with Crippen LogP contribution in [0.25, 0.3) is 0 Å². The molecule has 0 bridgehead atoms. The van der Waals surface area contributed by atoms with Crippen molar-refractivity contribution in [1.29, 1.82) is 0 Å². The van der Waals surface area contributed by atoms with E-state index in [4.69, 9.17) is 0 Å². The van der Waals surface area contributed by atoms with Gasteiger partial charge in [0.25, 0.3) is 0 Å². The highest BCUT2D eigenvalue weighted by atomic mass is 19.1. The molecule has 1 aromatic rings. The Balaban J connectivity index is 2.10. The number of nitrogens with zero attached hydrogens (tertiary/aromatic N) is 2. The van der Waals surface area contributed by atoms with Crippen LogP contribution in [0.3, 0.4) is 0 Å². The molecule has 0 radical (unpaired) electrons. The first-order valence-electron chi connectivity index (χ1n) is 6.67. The normalized spacial score (nSPS) is 22.5. The Hall–Kier alpha value is -1.62. The molecule has 0 spiro atoms. The fourth-order valence-electron chi connectivity index (χ4n) is 2.95. The summed E-state index contributed by atoms with van der Waals surface area (Å²) in [6, 6.07) is 5.08. The van der Waals surface area contributed by atoms with Crippen molar-refractivity contribution < 1.29 is 9.18 Å². The number of amides is 1. The second kappa shape index (κ2) is 4.49. The molecule has 1 amide bonds. The van der Waals surface area contributed by atoms with Crippen molar-refractivity contribution in [2.75, 3.05) is 29.4 Å². The molecule has 5 heteroatoms. The van der Waals surface area contributed by atoms with Crippen molar-refractivity contribution in [3.05, 3.63) is 24.0 Å². The fraction of sp³-hybridized carbons (Fsp3) is 0.500. The second-order valence-corrected chi connectivity index (χ2v) is 5.43. The highest BCUT2D eigenvalue weighted by molar-refractivity contribution is 6.00. The van der Waals surface area contributed by atoms with Crippen LogP contribution >= 0.6 is 0 Å². The zero-order valence-electron chi connectivity index (χ0n) is 11.2. The maximum Gasteiger partial charge on any atom is 0.241 e. The molecular formula is C14H18FN3O. The Bertz CT molecular complexity index is 517. The molecule has 1 aromatic carbocycles. The Labute approximate surface area is 112 Å². The van der Waals surface area contributed by atoms with E-state index in [-0.39, 0.29) is 23.8 Å². The summed E-state index contributed by atoms with van der Waals surface area (Å²) in [4.78, 5) is 16.1. The summed E-state index contributed by atoms with van der Waals surface area (Å²) in [6.45, 7) is 6.05. The number of nitrogens with one attached hydrogen (secondary N) is 1. The van der Waals surface area contributed by atoms with Gasteiger partial charge in [-0.25, -0.2) is 4.39 Å². The monoisotopic (exact) mass is 263 g/mol. The van der Waals surface area contributed by atoms with E-state index in [2.05, 4.69) is 24.1 Å². The number of anilines is 2. The number of carbonyl (C=O) groups is 1. The minimum atomic E-state index is -0.259. The second-order valence-electron chi connectivity index (χ2n) is 5.43. The van der Waals surface area contributed by atoms with Crippen molar-refractivity contribution in [3.63, 3.8) is 0 Å². The van der Waals surface area contributed by atoms with Gasteiger partial charge in [-0.3, -0.25) is 4.79 Å². The highest BCUT2D eigenvalue weighted by Gasteiger charge is 2.37. The number of hydrogen-bond donors (Lipinski definition) is 1. The average molecular weight is 263 g/mol. The van der Waals surface area contributed by atoms with Crippen LogP contribution in [0.1, 0.15) is 13.8 Å². The number of fused-ring (bicyclic) bond motifs is 3. The van der Waals surface area contributed by atoms with Gasteiger partial charge in [0.1, 0.15) is 5.82 Å². The third-order valence-corrected chi connectivity index (χ3v) is 3.83. The van der Waals surface area contributed by atoms with Crippen LogP contribution in [0.5, 0.6) is 0 Å². The SMILES string of the molecule is CC(C)N1CC2CNCC(=O)N2c2ccc(F)cc21. The van der Waals surface area contributed by atoms with Crippen molar-refractivity contribution in [3.8, 4) is 0 Å². The van der Waals surface area contributed by atoms with Crippen molar-refractivity contribution in [1.82, 2.24) is 5.32 Å². The van der Waals surface area contributed by atoms with Crippen molar-refractivity contribution in [2.45, 2.75) is 25.9 Å². The standard InChI is InChI=1S/C14H18FN3O/c1-9(2)17-8-11-6-16-7-14(19)18(11)12-4-3-10(15)5-13(12)17/h3-5,9,11,16H,6-8H2,1-2H3. The first kappa shape index (κ1) is 12.4. The molecule has 1 saturated heterocycles.